The van der Waals surface area contributed by atoms with Gasteiger partial charge in [-0.2, -0.15) is 0 Å². The van der Waals surface area contributed by atoms with Gasteiger partial charge in [0.2, 0.25) is 0 Å². The molecule has 5 heteroatoms. The first-order valence-electron chi connectivity index (χ1n) is 7.86. The molecule has 0 fully saturated rings. The van der Waals surface area contributed by atoms with E-state index in [2.05, 4.69) is 4.90 Å². The summed E-state index contributed by atoms with van der Waals surface area (Å²) in [5, 5.41) is 0. The molecular formula is C18H25NO4. The molecule has 1 heterocycles. The molecule has 1 aromatic carbocycles. The van der Waals surface area contributed by atoms with Crippen molar-refractivity contribution < 1.29 is 19.1 Å². The van der Waals surface area contributed by atoms with E-state index in [1.807, 2.05) is 40.7 Å². The van der Waals surface area contributed by atoms with Gasteiger partial charge in [0.15, 0.2) is 0 Å². The molecule has 0 bridgehead atoms. The first-order chi connectivity index (χ1) is 10.6. The van der Waals surface area contributed by atoms with Crippen LogP contribution < -0.4 is 4.90 Å². The smallest absolute Gasteiger partial charge is 0.337 e. The second kappa shape index (κ2) is 6.22. The molecular weight excluding hydrogens is 294 g/mol. The Hall–Kier alpha value is -2.04. The Morgan fingerprint density at radius 2 is 1.91 bits per heavy atom. The maximum atomic E-state index is 12.6. The van der Waals surface area contributed by atoms with Crippen LogP contribution in [0.1, 0.15) is 50.5 Å². The van der Waals surface area contributed by atoms with Gasteiger partial charge in [0.25, 0.3) is 0 Å². The summed E-state index contributed by atoms with van der Waals surface area (Å²) >= 11 is 0. The average Bonchev–Trinajstić information content (AvgIpc) is 2.83. The Bertz CT molecular complexity index is 616. The number of hydrogen-bond acceptors (Lipinski definition) is 5. The van der Waals surface area contributed by atoms with Crippen molar-refractivity contribution in [3.63, 3.8) is 0 Å². The van der Waals surface area contributed by atoms with E-state index in [-0.39, 0.29) is 24.0 Å². The van der Waals surface area contributed by atoms with Crippen LogP contribution in [0.4, 0.5) is 5.69 Å². The van der Waals surface area contributed by atoms with Crippen molar-refractivity contribution in [1.29, 1.82) is 0 Å². The summed E-state index contributed by atoms with van der Waals surface area (Å²) < 4.78 is 10.3. The summed E-state index contributed by atoms with van der Waals surface area (Å²) in [7, 11) is 1.36. The summed E-state index contributed by atoms with van der Waals surface area (Å²) in [5.74, 6) is -0.605. The normalized spacial score (nSPS) is 17.2. The SMILES string of the molecule is COC(=O)c1ccc2c(c1)CC(C(=O)OC(C)(C)C)N2C(C)C. The highest BCUT2D eigenvalue weighted by Crippen LogP contribution is 2.35. The van der Waals surface area contributed by atoms with Crippen LogP contribution >= 0.6 is 0 Å². The molecule has 1 aromatic rings. The Kier molecular flexibility index (Phi) is 4.68. The number of methoxy groups -OCH3 is 1. The summed E-state index contributed by atoms with van der Waals surface area (Å²) in [6, 6.07) is 5.21. The van der Waals surface area contributed by atoms with E-state index in [0.717, 1.165) is 11.3 Å². The Morgan fingerprint density at radius 3 is 2.43 bits per heavy atom. The number of carbonyl (C=O) groups is 2. The van der Waals surface area contributed by atoms with Gasteiger partial charge in [-0.1, -0.05) is 0 Å². The van der Waals surface area contributed by atoms with Gasteiger partial charge >= 0.3 is 11.9 Å². The zero-order valence-electron chi connectivity index (χ0n) is 14.7. The van der Waals surface area contributed by atoms with Gasteiger partial charge in [0, 0.05) is 18.2 Å². The molecule has 1 unspecified atom stereocenters. The fourth-order valence-corrected chi connectivity index (χ4v) is 2.93. The standard InChI is InChI=1S/C18H25NO4/c1-11(2)19-14-8-7-12(16(20)22-6)9-13(14)10-15(19)17(21)23-18(3,4)5/h7-9,11,15H,10H2,1-6H3. The van der Waals surface area contributed by atoms with Gasteiger partial charge in [0.1, 0.15) is 11.6 Å². The van der Waals surface area contributed by atoms with Gasteiger partial charge in [0.05, 0.1) is 12.7 Å². The lowest BCUT2D eigenvalue weighted by atomic mass is 10.1. The number of fused-ring (bicyclic) bond motifs is 1. The fourth-order valence-electron chi connectivity index (χ4n) is 2.93. The first kappa shape index (κ1) is 17.3. The predicted molar refractivity (Wildman–Crippen MR) is 88.7 cm³/mol. The zero-order chi connectivity index (χ0) is 17.4. The number of rotatable bonds is 3. The Labute approximate surface area is 137 Å². The van der Waals surface area contributed by atoms with E-state index >= 15 is 0 Å². The number of esters is 2. The fraction of sp³-hybridized carbons (Fsp3) is 0.556. The maximum absolute atomic E-state index is 12.6. The van der Waals surface area contributed by atoms with Crippen LogP contribution in [0, 0.1) is 0 Å². The van der Waals surface area contributed by atoms with E-state index in [0.29, 0.717) is 12.0 Å². The second-order valence-electron chi connectivity index (χ2n) is 7.09. The number of carbonyl (C=O) groups excluding carboxylic acids is 2. The third-order valence-electron chi connectivity index (χ3n) is 3.76. The molecule has 0 aromatic heterocycles. The van der Waals surface area contributed by atoms with Gasteiger partial charge in [-0.05, 0) is 58.4 Å². The highest BCUT2D eigenvalue weighted by Gasteiger charge is 2.38. The van der Waals surface area contributed by atoms with Crippen molar-refractivity contribution in [3.05, 3.63) is 29.3 Å². The average molecular weight is 319 g/mol. The van der Waals surface area contributed by atoms with Gasteiger partial charge in [-0.15, -0.1) is 0 Å². The van der Waals surface area contributed by atoms with Crippen LogP contribution in [0.15, 0.2) is 18.2 Å². The van der Waals surface area contributed by atoms with Crippen LogP contribution in [0.2, 0.25) is 0 Å². The van der Waals surface area contributed by atoms with Crippen molar-refractivity contribution in [2.24, 2.45) is 0 Å². The van der Waals surface area contributed by atoms with Crippen molar-refractivity contribution in [3.8, 4) is 0 Å². The van der Waals surface area contributed by atoms with Crippen molar-refractivity contribution in [2.75, 3.05) is 12.0 Å². The molecule has 0 N–H and O–H groups in total. The van der Waals surface area contributed by atoms with Crippen LogP contribution in [-0.2, 0) is 20.7 Å². The zero-order valence-corrected chi connectivity index (χ0v) is 14.7. The summed E-state index contributed by atoms with van der Waals surface area (Å²) in [6.07, 6.45) is 0.535. The second-order valence-corrected chi connectivity index (χ2v) is 7.09. The predicted octanol–water partition coefficient (Wildman–Crippen LogP) is 2.95. The van der Waals surface area contributed by atoms with E-state index in [1.54, 1.807) is 12.1 Å². The van der Waals surface area contributed by atoms with Crippen molar-refractivity contribution >= 4 is 17.6 Å². The molecule has 0 radical (unpaired) electrons. The largest absolute Gasteiger partial charge is 0.465 e. The van der Waals surface area contributed by atoms with Crippen LogP contribution in [0.5, 0.6) is 0 Å². The number of hydrogen-bond donors (Lipinski definition) is 0. The third kappa shape index (κ3) is 3.66. The quantitative estimate of drug-likeness (QED) is 0.802. The van der Waals surface area contributed by atoms with Gasteiger partial charge in [-0.3, -0.25) is 0 Å². The molecule has 0 spiro atoms. The molecule has 0 aliphatic carbocycles. The summed E-state index contributed by atoms with van der Waals surface area (Å²) in [5.41, 5.74) is 1.92. The number of benzene rings is 1. The lowest BCUT2D eigenvalue weighted by molar-refractivity contribution is -0.156. The van der Waals surface area contributed by atoms with Crippen LogP contribution in [0.3, 0.4) is 0 Å². The lowest BCUT2D eigenvalue weighted by Gasteiger charge is -2.32. The molecule has 5 nitrogen and oxygen atoms in total. The minimum absolute atomic E-state index is 0.151. The molecule has 1 aliphatic rings. The van der Waals surface area contributed by atoms with Crippen LogP contribution in [0.25, 0.3) is 0 Å². The molecule has 2 rings (SSSR count). The van der Waals surface area contributed by atoms with Gasteiger partial charge < -0.3 is 14.4 Å². The Morgan fingerprint density at radius 1 is 1.26 bits per heavy atom. The first-order valence-corrected chi connectivity index (χ1v) is 7.86. The highest BCUT2D eigenvalue weighted by molar-refractivity contribution is 5.91. The minimum atomic E-state index is -0.522. The lowest BCUT2D eigenvalue weighted by Crippen LogP contribution is -2.45. The third-order valence-corrected chi connectivity index (χ3v) is 3.76. The molecule has 0 saturated heterocycles. The minimum Gasteiger partial charge on any atom is -0.465 e. The summed E-state index contributed by atoms with van der Waals surface area (Å²) in [6.45, 7) is 9.67. The molecule has 0 amide bonds. The molecule has 23 heavy (non-hydrogen) atoms. The monoisotopic (exact) mass is 319 g/mol. The number of ether oxygens (including phenoxy) is 2. The Balaban J connectivity index is 2.34. The van der Waals surface area contributed by atoms with E-state index < -0.39 is 5.60 Å². The van der Waals surface area contributed by atoms with E-state index in [4.69, 9.17) is 9.47 Å². The molecule has 0 saturated carbocycles. The highest BCUT2D eigenvalue weighted by atomic mass is 16.6. The van der Waals surface area contributed by atoms with E-state index in [9.17, 15) is 9.59 Å². The number of nitrogens with zero attached hydrogens (tertiary/aromatic N) is 1. The van der Waals surface area contributed by atoms with Gasteiger partial charge in [-0.25, -0.2) is 9.59 Å². The summed E-state index contributed by atoms with van der Waals surface area (Å²) in [4.78, 5) is 26.3. The van der Waals surface area contributed by atoms with E-state index in [1.165, 1.54) is 7.11 Å². The topological polar surface area (TPSA) is 55.8 Å². The maximum Gasteiger partial charge on any atom is 0.337 e. The molecule has 1 aliphatic heterocycles. The van der Waals surface area contributed by atoms with Crippen molar-refractivity contribution in [2.45, 2.75) is 58.7 Å². The van der Waals surface area contributed by atoms with Crippen LogP contribution in [-0.4, -0.2) is 36.7 Å². The molecule has 1 atom stereocenters. The van der Waals surface area contributed by atoms with Crippen molar-refractivity contribution in [1.82, 2.24) is 0 Å². The molecule has 126 valence electrons. The number of anilines is 1.